The molecule has 1 saturated carbocycles. The fourth-order valence-corrected chi connectivity index (χ4v) is 2.16. The fraction of sp³-hybridized carbons (Fsp3) is 0.600. The first-order valence-corrected chi connectivity index (χ1v) is 5.39. The largest absolute Gasteiger partial charge is 0.396 e. The zero-order chi connectivity index (χ0) is 11.6. The number of aliphatic hydroxyl groups is 1. The van der Waals surface area contributed by atoms with Crippen molar-refractivity contribution in [2.45, 2.75) is 31.2 Å². The number of H-pyrrole nitrogens is 1. The lowest BCUT2D eigenvalue weighted by Gasteiger charge is -2.27. The number of nitrogen functional groups attached to an aromatic ring is 1. The lowest BCUT2D eigenvalue weighted by Crippen LogP contribution is -2.49. The first-order valence-electron chi connectivity index (χ1n) is 5.39. The van der Waals surface area contributed by atoms with E-state index in [1.807, 2.05) is 0 Å². The summed E-state index contributed by atoms with van der Waals surface area (Å²) in [6, 6.07) is 0. The van der Waals surface area contributed by atoms with Crippen LogP contribution in [0, 0.1) is 0 Å². The molecule has 1 aromatic heterocycles. The van der Waals surface area contributed by atoms with Gasteiger partial charge in [0.25, 0.3) is 5.91 Å². The maximum Gasteiger partial charge on any atom is 0.271 e. The molecule has 1 aromatic rings. The molecule has 1 fully saturated rings. The van der Waals surface area contributed by atoms with Crippen LogP contribution in [-0.2, 0) is 0 Å². The Balaban J connectivity index is 2.09. The minimum Gasteiger partial charge on any atom is -0.396 e. The van der Waals surface area contributed by atoms with E-state index in [0.717, 1.165) is 25.7 Å². The van der Waals surface area contributed by atoms with Crippen LogP contribution in [0.15, 0.2) is 6.20 Å². The van der Waals surface area contributed by atoms with Gasteiger partial charge >= 0.3 is 0 Å². The quantitative estimate of drug-likeness (QED) is 0.581. The van der Waals surface area contributed by atoms with Crippen molar-refractivity contribution in [2.75, 3.05) is 12.3 Å². The first kappa shape index (κ1) is 10.9. The zero-order valence-electron chi connectivity index (χ0n) is 8.99. The summed E-state index contributed by atoms with van der Waals surface area (Å²) in [7, 11) is 0. The molecule has 6 heteroatoms. The third-order valence-electron chi connectivity index (χ3n) is 3.14. The highest BCUT2D eigenvalue weighted by molar-refractivity contribution is 5.97. The number of nitrogens with two attached hydrogens (primary N) is 1. The Morgan fingerprint density at radius 2 is 2.31 bits per heavy atom. The van der Waals surface area contributed by atoms with Gasteiger partial charge in [-0.1, -0.05) is 12.8 Å². The molecule has 0 spiro atoms. The summed E-state index contributed by atoms with van der Waals surface area (Å²) >= 11 is 0. The second-order valence-electron chi connectivity index (χ2n) is 4.30. The Labute approximate surface area is 93.2 Å². The molecule has 0 radical (unpaired) electrons. The van der Waals surface area contributed by atoms with Crippen LogP contribution in [0.1, 0.15) is 36.2 Å². The second-order valence-corrected chi connectivity index (χ2v) is 4.30. The predicted octanol–water partition coefficient (Wildman–Crippen LogP) is 0.0268. The molecule has 16 heavy (non-hydrogen) atoms. The van der Waals surface area contributed by atoms with Gasteiger partial charge in [0.2, 0.25) is 0 Å². The van der Waals surface area contributed by atoms with E-state index in [9.17, 15) is 9.90 Å². The summed E-state index contributed by atoms with van der Waals surface area (Å²) in [6.45, 7) is -0.0349. The molecule has 1 heterocycles. The number of nitrogens with one attached hydrogen (secondary N) is 2. The minimum absolute atomic E-state index is 0.0349. The molecule has 1 aliphatic rings. The topological polar surface area (TPSA) is 104 Å². The predicted molar refractivity (Wildman–Crippen MR) is 58.8 cm³/mol. The molecule has 0 bridgehead atoms. The molecule has 1 amide bonds. The number of carbonyl (C=O) groups excluding carboxylic acids is 1. The molecular formula is C10H16N4O2. The Bertz CT molecular complexity index is 382. The summed E-state index contributed by atoms with van der Waals surface area (Å²) in [5.74, 6) is -0.300. The van der Waals surface area contributed by atoms with Crippen molar-refractivity contribution in [1.29, 1.82) is 0 Å². The Kier molecular flexibility index (Phi) is 2.82. The van der Waals surface area contributed by atoms with Crippen molar-refractivity contribution in [3.05, 3.63) is 11.9 Å². The van der Waals surface area contributed by atoms with E-state index in [0.29, 0.717) is 5.69 Å². The van der Waals surface area contributed by atoms with Crippen LogP contribution in [0.3, 0.4) is 0 Å². The van der Waals surface area contributed by atoms with Crippen molar-refractivity contribution in [3.8, 4) is 0 Å². The molecule has 2 rings (SSSR count). The van der Waals surface area contributed by atoms with E-state index >= 15 is 0 Å². The van der Waals surface area contributed by atoms with Gasteiger partial charge in [-0.3, -0.25) is 9.89 Å². The smallest absolute Gasteiger partial charge is 0.271 e. The summed E-state index contributed by atoms with van der Waals surface area (Å²) in [4.78, 5) is 11.9. The third kappa shape index (κ3) is 1.88. The average molecular weight is 224 g/mol. The van der Waals surface area contributed by atoms with Gasteiger partial charge in [0.15, 0.2) is 0 Å². The van der Waals surface area contributed by atoms with Crippen LogP contribution in [0.25, 0.3) is 0 Å². The number of aromatic amines is 1. The minimum atomic E-state index is -0.478. The number of amides is 1. The van der Waals surface area contributed by atoms with E-state index < -0.39 is 5.54 Å². The molecule has 5 N–H and O–H groups in total. The van der Waals surface area contributed by atoms with Crippen LogP contribution < -0.4 is 11.1 Å². The third-order valence-corrected chi connectivity index (χ3v) is 3.14. The molecule has 0 saturated heterocycles. The number of rotatable bonds is 3. The van der Waals surface area contributed by atoms with Crippen molar-refractivity contribution < 1.29 is 9.90 Å². The van der Waals surface area contributed by atoms with E-state index in [4.69, 9.17) is 5.73 Å². The standard InChI is InChI=1S/C10H16N4O2/c11-7-5-12-14-8(7)9(16)13-10(6-15)3-1-2-4-10/h5,15H,1-4,6,11H2,(H,12,14)(H,13,16). The van der Waals surface area contributed by atoms with Crippen LogP contribution >= 0.6 is 0 Å². The Hall–Kier alpha value is -1.56. The van der Waals surface area contributed by atoms with Gasteiger partial charge in [-0.15, -0.1) is 0 Å². The lowest BCUT2D eigenvalue weighted by atomic mass is 9.98. The summed E-state index contributed by atoms with van der Waals surface area (Å²) in [5.41, 5.74) is 5.69. The highest BCUT2D eigenvalue weighted by atomic mass is 16.3. The van der Waals surface area contributed by atoms with E-state index in [1.165, 1.54) is 6.20 Å². The number of nitrogens with zero attached hydrogens (tertiary/aromatic N) is 1. The van der Waals surface area contributed by atoms with Gasteiger partial charge in [0.05, 0.1) is 24.0 Å². The number of hydrogen-bond donors (Lipinski definition) is 4. The maximum absolute atomic E-state index is 11.9. The lowest BCUT2D eigenvalue weighted by molar-refractivity contribution is 0.0834. The second kappa shape index (κ2) is 4.13. The van der Waals surface area contributed by atoms with E-state index in [1.54, 1.807) is 0 Å². The highest BCUT2D eigenvalue weighted by Gasteiger charge is 2.35. The molecule has 88 valence electrons. The van der Waals surface area contributed by atoms with Gasteiger partial charge in [-0.2, -0.15) is 5.10 Å². The van der Waals surface area contributed by atoms with Gasteiger partial charge in [-0.05, 0) is 12.8 Å². The normalized spacial score (nSPS) is 18.6. The van der Waals surface area contributed by atoms with Crippen LogP contribution in [0.4, 0.5) is 5.69 Å². The van der Waals surface area contributed by atoms with Crippen molar-refractivity contribution in [1.82, 2.24) is 15.5 Å². The zero-order valence-corrected chi connectivity index (χ0v) is 8.99. The van der Waals surface area contributed by atoms with Crippen LogP contribution in [-0.4, -0.2) is 33.4 Å². The van der Waals surface area contributed by atoms with E-state index in [-0.39, 0.29) is 18.2 Å². The van der Waals surface area contributed by atoms with Crippen molar-refractivity contribution in [3.63, 3.8) is 0 Å². The fourth-order valence-electron chi connectivity index (χ4n) is 2.16. The van der Waals surface area contributed by atoms with Crippen molar-refractivity contribution in [2.24, 2.45) is 0 Å². The number of aromatic nitrogens is 2. The first-order chi connectivity index (χ1) is 7.67. The maximum atomic E-state index is 11.9. The van der Waals surface area contributed by atoms with Crippen LogP contribution in [0.5, 0.6) is 0 Å². The Morgan fingerprint density at radius 3 is 2.81 bits per heavy atom. The summed E-state index contributed by atoms with van der Waals surface area (Å²) in [6.07, 6.45) is 5.07. The molecule has 0 aromatic carbocycles. The Morgan fingerprint density at radius 1 is 1.62 bits per heavy atom. The number of anilines is 1. The number of aliphatic hydroxyl groups excluding tert-OH is 1. The molecule has 0 unspecified atom stereocenters. The summed E-state index contributed by atoms with van der Waals surface area (Å²) in [5, 5.41) is 18.4. The molecular weight excluding hydrogens is 208 g/mol. The monoisotopic (exact) mass is 224 g/mol. The van der Waals surface area contributed by atoms with Gasteiger partial charge in [0, 0.05) is 0 Å². The SMILES string of the molecule is Nc1cn[nH]c1C(=O)NC1(CO)CCCC1. The molecule has 6 nitrogen and oxygen atoms in total. The number of carbonyl (C=O) groups is 1. The number of hydrogen-bond acceptors (Lipinski definition) is 4. The molecule has 1 aliphatic carbocycles. The van der Waals surface area contributed by atoms with Gasteiger partial charge in [-0.25, -0.2) is 0 Å². The molecule has 0 aliphatic heterocycles. The highest BCUT2D eigenvalue weighted by Crippen LogP contribution is 2.29. The van der Waals surface area contributed by atoms with Crippen LogP contribution in [0.2, 0.25) is 0 Å². The van der Waals surface area contributed by atoms with E-state index in [2.05, 4.69) is 15.5 Å². The van der Waals surface area contributed by atoms with Gasteiger partial charge in [0.1, 0.15) is 5.69 Å². The summed E-state index contributed by atoms with van der Waals surface area (Å²) < 4.78 is 0. The van der Waals surface area contributed by atoms with Gasteiger partial charge < -0.3 is 16.2 Å². The average Bonchev–Trinajstić information content (AvgIpc) is 2.87. The molecule has 0 atom stereocenters. The van der Waals surface area contributed by atoms with Crippen molar-refractivity contribution >= 4 is 11.6 Å².